The number of carboxylic acid groups (broad SMARTS) is 1. The van der Waals surface area contributed by atoms with Crippen LogP contribution < -0.4 is 5.56 Å². The molecule has 0 saturated carbocycles. The second-order valence-electron chi connectivity index (χ2n) is 3.07. The van der Waals surface area contributed by atoms with E-state index in [1.807, 2.05) is 0 Å². The molecule has 84 valence electrons. The molecule has 0 fully saturated rings. The average Bonchev–Trinajstić information content (AvgIpc) is 2.57. The van der Waals surface area contributed by atoms with Crippen LogP contribution in [0.4, 0.5) is 0 Å². The first-order valence-electron chi connectivity index (χ1n) is 4.37. The van der Waals surface area contributed by atoms with E-state index >= 15 is 0 Å². The predicted molar refractivity (Wildman–Crippen MR) is 57.6 cm³/mol. The Morgan fingerprint density at radius 1 is 1.44 bits per heavy atom. The molecule has 2 heterocycles. The molecule has 2 aromatic heterocycles. The van der Waals surface area contributed by atoms with E-state index in [0.29, 0.717) is 16.6 Å². The van der Waals surface area contributed by atoms with Crippen molar-refractivity contribution in [2.45, 2.75) is 12.1 Å². The number of rotatable bonds is 3. The molecular weight excluding hydrogens is 232 g/mol. The van der Waals surface area contributed by atoms with Gasteiger partial charge in [0.15, 0.2) is 16.3 Å². The minimum absolute atomic E-state index is 0.114. The van der Waals surface area contributed by atoms with Crippen molar-refractivity contribution >= 4 is 28.9 Å². The summed E-state index contributed by atoms with van der Waals surface area (Å²) in [6.07, 6.45) is 0. The van der Waals surface area contributed by atoms with E-state index in [4.69, 9.17) is 5.11 Å². The van der Waals surface area contributed by atoms with Crippen LogP contribution in [-0.4, -0.2) is 36.8 Å². The Kier molecular flexibility index (Phi) is 2.65. The highest BCUT2D eigenvalue weighted by molar-refractivity contribution is 7.99. The summed E-state index contributed by atoms with van der Waals surface area (Å²) in [5, 5.41) is 8.88. The maximum atomic E-state index is 11.5. The number of thioether (sulfide) groups is 1. The van der Waals surface area contributed by atoms with Crippen molar-refractivity contribution in [3.8, 4) is 0 Å². The van der Waals surface area contributed by atoms with Crippen LogP contribution in [0.1, 0.15) is 5.82 Å². The third kappa shape index (κ3) is 2.06. The van der Waals surface area contributed by atoms with E-state index in [2.05, 4.69) is 19.9 Å². The van der Waals surface area contributed by atoms with Crippen LogP contribution in [0, 0.1) is 6.92 Å². The molecule has 2 aromatic rings. The van der Waals surface area contributed by atoms with Crippen molar-refractivity contribution in [1.29, 1.82) is 0 Å². The zero-order valence-electron chi connectivity index (χ0n) is 8.27. The number of hydrogen-bond acceptors (Lipinski definition) is 5. The van der Waals surface area contributed by atoms with Crippen LogP contribution in [0.2, 0.25) is 0 Å². The number of aliphatic carboxylic acids is 1. The molecule has 3 N–H and O–H groups in total. The maximum Gasteiger partial charge on any atom is 0.313 e. The molecule has 0 saturated heterocycles. The van der Waals surface area contributed by atoms with Crippen molar-refractivity contribution in [2.24, 2.45) is 0 Å². The number of aromatic amines is 2. The zero-order chi connectivity index (χ0) is 11.7. The van der Waals surface area contributed by atoms with E-state index < -0.39 is 5.97 Å². The highest BCUT2D eigenvalue weighted by atomic mass is 32.2. The summed E-state index contributed by atoms with van der Waals surface area (Å²) < 4.78 is 0. The van der Waals surface area contributed by atoms with Gasteiger partial charge in [-0.1, -0.05) is 11.8 Å². The number of imidazole rings is 1. The Morgan fingerprint density at radius 3 is 2.88 bits per heavy atom. The Balaban J connectivity index is 2.40. The SMILES string of the molecule is Cc1nc2nc(SCC(=O)O)[nH]c2c(=O)[nH]1. The summed E-state index contributed by atoms with van der Waals surface area (Å²) >= 11 is 1.01. The lowest BCUT2D eigenvalue weighted by atomic mass is 10.5. The van der Waals surface area contributed by atoms with E-state index in [9.17, 15) is 9.59 Å². The lowest BCUT2D eigenvalue weighted by Crippen LogP contribution is -2.09. The average molecular weight is 240 g/mol. The van der Waals surface area contributed by atoms with Gasteiger partial charge in [-0.2, -0.15) is 0 Å². The van der Waals surface area contributed by atoms with Gasteiger partial charge >= 0.3 is 5.97 Å². The van der Waals surface area contributed by atoms with Gasteiger partial charge in [-0.25, -0.2) is 9.97 Å². The highest BCUT2D eigenvalue weighted by Crippen LogP contribution is 2.15. The maximum absolute atomic E-state index is 11.5. The summed E-state index contributed by atoms with van der Waals surface area (Å²) in [5.74, 6) is -0.584. The predicted octanol–water partition coefficient (Wildman–Crippen LogP) is 0.131. The second kappa shape index (κ2) is 3.97. The molecule has 0 bridgehead atoms. The van der Waals surface area contributed by atoms with Crippen LogP contribution in [0.15, 0.2) is 9.95 Å². The van der Waals surface area contributed by atoms with E-state index in [0.717, 1.165) is 11.8 Å². The third-order valence-corrected chi connectivity index (χ3v) is 2.65. The van der Waals surface area contributed by atoms with Gasteiger partial charge in [0.25, 0.3) is 5.56 Å². The first kappa shape index (κ1) is 10.7. The van der Waals surface area contributed by atoms with Crippen LogP contribution >= 0.6 is 11.8 Å². The Morgan fingerprint density at radius 2 is 2.19 bits per heavy atom. The molecule has 0 aliphatic rings. The van der Waals surface area contributed by atoms with Gasteiger partial charge < -0.3 is 15.1 Å². The molecule has 2 rings (SSSR count). The van der Waals surface area contributed by atoms with Gasteiger partial charge in [0, 0.05) is 0 Å². The van der Waals surface area contributed by atoms with Gasteiger partial charge in [0.1, 0.15) is 5.82 Å². The second-order valence-corrected chi connectivity index (χ2v) is 4.04. The van der Waals surface area contributed by atoms with Crippen molar-refractivity contribution in [3.63, 3.8) is 0 Å². The van der Waals surface area contributed by atoms with Gasteiger partial charge in [-0.05, 0) is 6.92 Å². The quantitative estimate of drug-likeness (QED) is 0.657. The number of carboxylic acids is 1. The van der Waals surface area contributed by atoms with E-state index in [1.54, 1.807) is 6.92 Å². The van der Waals surface area contributed by atoms with E-state index in [-0.39, 0.29) is 16.8 Å². The van der Waals surface area contributed by atoms with Crippen LogP contribution in [0.5, 0.6) is 0 Å². The lowest BCUT2D eigenvalue weighted by Gasteiger charge is -1.89. The molecule has 8 heteroatoms. The number of carbonyl (C=O) groups is 1. The topological polar surface area (TPSA) is 112 Å². The molecule has 0 aromatic carbocycles. The number of nitrogens with one attached hydrogen (secondary N) is 2. The van der Waals surface area contributed by atoms with Crippen LogP contribution in [0.3, 0.4) is 0 Å². The lowest BCUT2D eigenvalue weighted by molar-refractivity contribution is -0.133. The third-order valence-electron chi connectivity index (χ3n) is 1.79. The molecule has 0 spiro atoms. The Bertz CT molecular complexity index is 603. The number of aryl methyl sites for hydroxylation is 1. The highest BCUT2D eigenvalue weighted by Gasteiger charge is 2.09. The number of fused-ring (bicyclic) bond motifs is 1. The molecule has 0 radical (unpaired) electrons. The summed E-state index contributed by atoms with van der Waals surface area (Å²) in [6, 6.07) is 0. The first-order chi connectivity index (χ1) is 7.56. The van der Waals surface area contributed by atoms with Crippen LogP contribution in [0.25, 0.3) is 11.2 Å². The standard InChI is InChI=1S/C8H8N4O3S/c1-3-9-6-5(7(15)10-3)11-8(12-6)16-2-4(13)14/h2H2,1H3,(H,13,14)(H2,9,10,11,12,15). The van der Waals surface area contributed by atoms with Crippen molar-refractivity contribution in [3.05, 3.63) is 16.2 Å². The molecule has 0 amide bonds. The fourth-order valence-corrected chi connectivity index (χ4v) is 1.78. The molecular formula is C8H8N4O3S. The van der Waals surface area contributed by atoms with Crippen molar-refractivity contribution in [2.75, 3.05) is 5.75 Å². The summed E-state index contributed by atoms with van der Waals surface area (Å²) in [5.41, 5.74) is 0.254. The molecule has 0 atom stereocenters. The first-order valence-corrected chi connectivity index (χ1v) is 5.36. The molecule has 16 heavy (non-hydrogen) atoms. The number of aromatic nitrogens is 4. The minimum Gasteiger partial charge on any atom is -0.481 e. The zero-order valence-corrected chi connectivity index (χ0v) is 9.09. The molecule has 0 aliphatic heterocycles. The molecule has 0 unspecified atom stereocenters. The molecule has 0 aliphatic carbocycles. The monoisotopic (exact) mass is 240 g/mol. The fourth-order valence-electron chi connectivity index (χ4n) is 1.19. The van der Waals surface area contributed by atoms with Crippen molar-refractivity contribution in [1.82, 2.24) is 19.9 Å². The van der Waals surface area contributed by atoms with Crippen LogP contribution in [-0.2, 0) is 4.79 Å². The number of H-pyrrole nitrogens is 2. The Hall–Kier alpha value is -1.83. The molecule has 7 nitrogen and oxygen atoms in total. The largest absolute Gasteiger partial charge is 0.481 e. The smallest absolute Gasteiger partial charge is 0.313 e. The van der Waals surface area contributed by atoms with Gasteiger partial charge in [0.2, 0.25) is 0 Å². The van der Waals surface area contributed by atoms with Crippen molar-refractivity contribution < 1.29 is 9.90 Å². The van der Waals surface area contributed by atoms with Gasteiger partial charge in [-0.15, -0.1) is 0 Å². The number of nitrogens with zero attached hydrogens (tertiary/aromatic N) is 2. The summed E-state index contributed by atoms with van der Waals surface area (Å²) in [7, 11) is 0. The van der Waals surface area contributed by atoms with Gasteiger partial charge in [0.05, 0.1) is 5.75 Å². The Labute approximate surface area is 93.3 Å². The number of hydrogen-bond donors (Lipinski definition) is 3. The van der Waals surface area contributed by atoms with E-state index in [1.165, 1.54) is 0 Å². The van der Waals surface area contributed by atoms with Gasteiger partial charge in [-0.3, -0.25) is 9.59 Å². The normalized spacial score (nSPS) is 10.8. The summed E-state index contributed by atoms with van der Waals surface area (Å²) in [6.45, 7) is 1.65. The fraction of sp³-hybridized carbons (Fsp3) is 0.250. The summed E-state index contributed by atoms with van der Waals surface area (Å²) in [4.78, 5) is 35.1. The minimum atomic E-state index is -0.941.